The minimum atomic E-state index is -0.876. The predicted octanol–water partition coefficient (Wildman–Crippen LogP) is 0.870. The molecule has 0 aliphatic carbocycles. The SMILES string of the molecule is Cl.NC1(C(=O)N2CCN(C(=O)c3ccc([N+](=O)[O-])s3)CC2)CCOCC1. The van der Waals surface area contributed by atoms with Crippen LogP contribution in [0.1, 0.15) is 22.5 Å². The molecule has 0 atom stereocenters. The summed E-state index contributed by atoms with van der Waals surface area (Å²) in [6.07, 6.45) is 1.01. The third kappa shape index (κ3) is 4.14. The zero-order valence-electron chi connectivity index (χ0n) is 14.1. The monoisotopic (exact) mass is 404 g/mol. The highest BCUT2D eigenvalue weighted by atomic mass is 35.5. The molecule has 2 amide bonds. The third-order valence-electron chi connectivity index (χ3n) is 4.65. The average Bonchev–Trinajstić information content (AvgIpc) is 3.12. The van der Waals surface area contributed by atoms with E-state index in [9.17, 15) is 19.7 Å². The maximum Gasteiger partial charge on any atom is 0.324 e. The molecule has 0 saturated carbocycles. The van der Waals surface area contributed by atoms with Crippen molar-refractivity contribution in [3.05, 3.63) is 27.1 Å². The first-order valence-electron chi connectivity index (χ1n) is 8.10. The number of halogens is 1. The Morgan fingerprint density at radius 1 is 1.15 bits per heavy atom. The summed E-state index contributed by atoms with van der Waals surface area (Å²) in [7, 11) is 0. The summed E-state index contributed by atoms with van der Waals surface area (Å²) in [5, 5.41) is 10.7. The highest BCUT2D eigenvalue weighted by molar-refractivity contribution is 7.17. The van der Waals surface area contributed by atoms with E-state index in [1.807, 2.05) is 0 Å². The van der Waals surface area contributed by atoms with Gasteiger partial charge in [0.1, 0.15) is 0 Å². The van der Waals surface area contributed by atoms with Crippen molar-refractivity contribution >= 4 is 40.6 Å². The Balaban J connectivity index is 0.00000243. The third-order valence-corrected chi connectivity index (χ3v) is 5.67. The number of ether oxygens (including phenoxy) is 1. The summed E-state index contributed by atoms with van der Waals surface area (Å²) in [4.78, 5) is 39.0. The minimum Gasteiger partial charge on any atom is -0.381 e. The van der Waals surface area contributed by atoms with Crippen molar-refractivity contribution in [1.29, 1.82) is 0 Å². The van der Waals surface area contributed by atoms with Crippen LogP contribution in [0, 0.1) is 10.1 Å². The van der Waals surface area contributed by atoms with E-state index < -0.39 is 10.5 Å². The molecule has 0 bridgehead atoms. The van der Waals surface area contributed by atoms with Gasteiger partial charge in [-0.25, -0.2) is 0 Å². The van der Waals surface area contributed by atoms with Crippen LogP contribution in [-0.4, -0.2) is 71.5 Å². The molecule has 1 aromatic rings. The molecule has 0 aromatic carbocycles. The molecule has 9 nitrogen and oxygen atoms in total. The van der Waals surface area contributed by atoms with Crippen LogP contribution in [0.2, 0.25) is 0 Å². The molecule has 11 heteroatoms. The van der Waals surface area contributed by atoms with E-state index in [1.165, 1.54) is 12.1 Å². The summed E-state index contributed by atoms with van der Waals surface area (Å²) < 4.78 is 5.27. The number of carbonyl (C=O) groups is 2. The van der Waals surface area contributed by atoms with Crippen LogP contribution in [0.15, 0.2) is 12.1 Å². The smallest absolute Gasteiger partial charge is 0.324 e. The number of amides is 2. The average molecular weight is 405 g/mol. The molecule has 0 unspecified atom stereocenters. The van der Waals surface area contributed by atoms with Crippen LogP contribution in [0.3, 0.4) is 0 Å². The molecule has 3 heterocycles. The molecule has 0 spiro atoms. The minimum absolute atomic E-state index is 0. The second kappa shape index (κ2) is 8.30. The molecule has 3 rings (SSSR count). The van der Waals surface area contributed by atoms with Gasteiger partial charge in [-0.3, -0.25) is 19.7 Å². The number of nitrogens with zero attached hydrogens (tertiary/aromatic N) is 3. The van der Waals surface area contributed by atoms with Crippen molar-refractivity contribution in [3.8, 4) is 0 Å². The van der Waals surface area contributed by atoms with Crippen LogP contribution in [0.4, 0.5) is 5.00 Å². The van der Waals surface area contributed by atoms with Crippen LogP contribution >= 0.6 is 23.7 Å². The summed E-state index contributed by atoms with van der Waals surface area (Å²) in [6, 6.07) is 2.81. The predicted molar refractivity (Wildman–Crippen MR) is 97.7 cm³/mol. The van der Waals surface area contributed by atoms with E-state index in [0.717, 1.165) is 11.3 Å². The zero-order valence-corrected chi connectivity index (χ0v) is 15.7. The van der Waals surface area contributed by atoms with Gasteiger partial charge in [-0.15, -0.1) is 12.4 Å². The fraction of sp³-hybridized carbons (Fsp3) is 0.600. The first kappa shape index (κ1) is 20.6. The van der Waals surface area contributed by atoms with Crippen LogP contribution in [0.25, 0.3) is 0 Å². The van der Waals surface area contributed by atoms with Crippen LogP contribution in [0.5, 0.6) is 0 Å². The van der Waals surface area contributed by atoms with E-state index in [-0.39, 0.29) is 29.2 Å². The van der Waals surface area contributed by atoms with Crippen LogP contribution in [-0.2, 0) is 9.53 Å². The molecule has 26 heavy (non-hydrogen) atoms. The van der Waals surface area contributed by atoms with Gasteiger partial charge in [0.25, 0.3) is 5.91 Å². The first-order valence-corrected chi connectivity index (χ1v) is 8.92. The first-order chi connectivity index (χ1) is 11.9. The summed E-state index contributed by atoms with van der Waals surface area (Å²) in [5.74, 6) is -0.326. The fourth-order valence-corrected chi connectivity index (χ4v) is 3.86. The van der Waals surface area contributed by atoms with Gasteiger partial charge < -0.3 is 20.3 Å². The van der Waals surface area contributed by atoms with E-state index in [0.29, 0.717) is 57.1 Å². The second-order valence-electron chi connectivity index (χ2n) is 6.25. The van der Waals surface area contributed by atoms with Crippen molar-refractivity contribution in [3.63, 3.8) is 0 Å². The molecule has 144 valence electrons. The molecule has 0 radical (unpaired) electrons. The maximum atomic E-state index is 12.7. The lowest BCUT2D eigenvalue weighted by atomic mass is 9.89. The number of nitrogens with two attached hydrogens (primary N) is 1. The lowest BCUT2D eigenvalue weighted by Crippen LogP contribution is -2.61. The van der Waals surface area contributed by atoms with Gasteiger partial charge in [0, 0.05) is 45.5 Å². The van der Waals surface area contributed by atoms with Crippen molar-refractivity contribution in [2.45, 2.75) is 18.4 Å². The number of hydrogen-bond donors (Lipinski definition) is 1. The van der Waals surface area contributed by atoms with E-state index in [1.54, 1.807) is 9.80 Å². The highest BCUT2D eigenvalue weighted by Gasteiger charge is 2.40. The fourth-order valence-electron chi connectivity index (χ4n) is 3.07. The van der Waals surface area contributed by atoms with Gasteiger partial charge in [-0.2, -0.15) is 0 Å². The Hall–Kier alpha value is -1.75. The maximum absolute atomic E-state index is 12.7. The standard InChI is InChI=1S/C15H20N4O5S.ClH/c16-15(3-9-24-10-4-15)14(21)18-7-5-17(6-8-18)13(20)11-1-2-12(25-11)19(22)23;/h1-2H,3-10,16H2;1H. The molecular weight excluding hydrogens is 384 g/mol. The Morgan fingerprint density at radius 2 is 1.73 bits per heavy atom. The van der Waals surface area contributed by atoms with Gasteiger partial charge >= 0.3 is 5.00 Å². The van der Waals surface area contributed by atoms with E-state index in [2.05, 4.69) is 0 Å². The Labute approximate surface area is 160 Å². The molecule has 2 aliphatic heterocycles. The Bertz CT molecular complexity index is 683. The summed E-state index contributed by atoms with van der Waals surface area (Å²) >= 11 is 0.867. The number of hydrogen-bond acceptors (Lipinski definition) is 7. The van der Waals surface area contributed by atoms with Gasteiger partial charge in [-0.05, 0) is 18.9 Å². The quantitative estimate of drug-likeness (QED) is 0.589. The molecule has 2 aliphatic rings. The number of rotatable bonds is 3. The number of piperazine rings is 1. The number of thiophene rings is 1. The largest absolute Gasteiger partial charge is 0.381 e. The molecule has 2 saturated heterocycles. The van der Waals surface area contributed by atoms with Crippen molar-refractivity contribution in [2.75, 3.05) is 39.4 Å². The number of carbonyl (C=O) groups excluding carboxylic acids is 2. The van der Waals surface area contributed by atoms with E-state index >= 15 is 0 Å². The lowest BCUT2D eigenvalue weighted by Gasteiger charge is -2.40. The van der Waals surface area contributed by atoms with Gasteiger partial charge in [0.15, 0.2) is 0 Å². The van der Waals surface area contributed by atoms with E-state index in [4.69, 9.17) is 10.5 Å². The Morgan fingerprint density at radius 3 is 2.27 bits per heavy atom. The van der Waals surface area contributed by atoms with Crippen molar-refractivity contribution in [2.24, 2.45) is 5.73 Å². The number of nitro groups is 1. The van der Waals surface area contributed by atoms with Gasteiger partial charge in [0.2, 0.25) is 5.91 Å². The van der Waals surface area contributed by atoms with Crippen molar-refractivity contribution in [1.82, 2.24) is 9.80 Å². The molecular formula is C15H21ClN4O5S. The van der Waals surface area contributed by atoms with Gasteiger partial charge in [-0.1, -0.05) is 11.3 Å². The van der Waals surface area contributed by atoms with Crippen molar-refractivity contribution < 1.29 is 19.2 Å². The molecule has 2 N–H and O–H groups in total. The highest BCUT2D eigenvalue weighted by Crippen LogP contribution is 2.26. The topological polar surface area (TPSA) is 119 Å². The van der Waals surface area contributed by atoms with Crippen LogP contribution < -0.4 is 5.73 Å². The van der Waals surface area contributed by atoms with Gasteiger partial charge in [0.05, 0.1) is 15.3 Å². The normalized spacial score (nSPS) is 19.6. The summed E-state index contributed by atoms with van der Waals surface area (Å²) in [6.45, 7) is 2.58. The molecule has 1 aromatic heterocycles. The molecule has 2 fully saturated rings. The second-order valence-corrected chi connectivity index (χ2v) is 7.31. The zero-order chi connectivity index (χ0) is 18.0. The summed E-state index contributed by atoms with van der Waals surface area (Å²) in [5.41, 5.74) is 5.36. The lowest BCUT2D eigenvalue weighted by molar-refractivity contribution is -0.380. The Kier molecular flexibility index (Phi) is 6.56.